The molecule has 0 rings (SSSR count). The first-order valence-electron chi connectivity index (χ1n) is 3.63. The Morgan fingerprint density at radius 3 is 2.36 bits per heavy atom. The maximum Gasteiger partial charge on any atom is 0.276 e. The van der Waals surface area contributed by atoms with Gasteiger partial charge in [0.2, 0.25) is 0 Å². The largest absolute Gasteiger partial charge is 0.285 e. The van der Waals surface area contributed by atoms with Crippen LogP contribution in [0.3, 0.4) is 0 Å². The molecule has 1 unspecified atom stereocenters. The highest BCUT2D eigenvalue weighted by molar-refractivity contribution is 8.01. The summed E-state index contributed by atoms with van der Waals surface area (Å²) in [5.74, 6) is 0. The summed E-state index contributed by atoms with van der Waals surface area (Å²) >= 11 is 3.75. The molecule has 0 amide bonds. The monoisotopic (exact) mass is 198 g/mol. The van der Waals surface area contributed by atoms with Gasteiger partial charge < -0.3 is 0 Å². The quantitative estimate of drug-likeness (QED) is 0.402. The van der Waals surface area contributed by atoms with Gasteiger partial charge in [0.15, 0.2) is 0 Å². The van der Waals surface area contributed by atoms with Crippen LogP contribution < -0.4 is 0 Å². The van der Waals surface area contributed by atoms with Crippen LogP contribution in [0, 0.1) is 0 Å². The van der Waals surface area contributed by atoms with Crippen molar-refractivity contribution in [2.45, 2.75) is 37.2 Å². The van der Waals surface area contributed by atoms with Crippen molar-refractivity contribution in [2.24, 2.45) is 0 Å². The Morgan fingerprint density at radius 2 is 2.00 bits per heavy atom. The second-order valence-electron chi connectivity index (χ2n) is 2.47. The molecule has 0 bridgehead atoms. The molecular formula is C6H14O3S2. The molecule has 0 radical (unpaired) electrons. The van der Waals surface area contributed by atoms with Crippen LogP contribution >= 0.6 is 12.6 Å². The summed E-state index contributed by atoms with van der Waals surface area (Å²) in [5, 5.41) is 0. The van der Waals surface area contributed by atoms with Crippen LogP contribution in [0.5, 0.6) is 0 Å². The fourth-order valence-electron chi connectivity index (χ4n) is 0.718. The summed E-state index contributed by atoms with van der Waals surface area (Å²) in [5.41, 5.74) is 0. The SMILES string of the molecule is CCCCCC(S)S(=O)(=O)O. The summed E-state index contributed by atoms with van der Waals surface area (Å²) < 4.78 is 28.4. The average Bonchev–Trinajstić information content (AvgIpc) is 1.86. The molecule has 0 aromatic heterocycles. The molecule has 68 valence electrons. The zero-order valence-corrected chi connectivity index (χ0v) is 8.24. The molecule has 0 aliphatic heterocycles. The van der Waals surface area contributed by atoms with Crippen molar-refractivity contribution < 1.29 is 13.0 Å². The lowest BCUT2D eigenvalue weighted by Gasteiger charge is -2.05. The van der Waals surface area contributed by atoms with E-state index >= 15 is 0 Å². The van der Waals surface area contributed by atoms with Crippen molar-refractivity contribution in [3.63, 3.8) is 0 Å². The van der Waals surface area contributed by atoms with Crippen molar-refractivity contribution in [2.75, 3.05) is 0 Å². The van der Waals surface area contributed by atoms with E-state index in [4.69, 9.17) is 4.55 Å². The smallest absolute Gasteiger partial charge is 0.276 e. The number of rotatable bonds is 5. The van der Waals surface area contributed by atoms with Gasteiger partial charge in [0.05, 0.1) is 0 Å². The Hall–Kier alpha value is 0.260. The summed E-state index contributed by atoms with van der Waals surface area (Å²) in [6.45, 7) is 2.03. The van der Waals surface area contributed by atoms with Crippen LogP contribution in [0.25, 0.3) is 0 Å². The van der Waals surface area contributed by atoms with Gasteiger partial charge in [0.1, 0.15) is 4.58 Å². The lowest BCUT2D eigenvalue weighted by atomic mass is 10.2. The van der Waals surface area contributed by atoms with Crippen LogP contribution in [-0.2, 0) is 10.1 Å². The Morgan fingerprint density at radius 1 is 1.45 bits per heavy atom. The van der Waals surface area contributed by atoms with Gasteiger partial charge in [-0.2, -0.15) is 21.0 Å². The van der Waals surface area contributed by atoms with Crippen molar-refractivity contribution >= 4 is 22.7 Å². The van der Waals surface area contributed by atoms with Gasteiger partial charge in [-0.25, -0.2) is 0 Å². The topological polar surface area (TPSA) is 54.4 Å². The van der Waals surface area contributed by atoms with Crippen LogP contribution in [0.4, 0.5) is 0 Å². The minimum atomic E-state index is -3.92. The summed E-state index contributed by atoms with van der Waals surface area (Å²) in [4.78, 5) is 0. The van der Waals surface area contributed by atoms with Gasteiger partial charge in [-0.15, -0.1) is 0 Å². The third-order valence-corrected chi connectivity index (χ3v) is 3.38. The van der Waals surface area contributed by atoms with Gasteiger partial charge in [0, 0.05) is 0 Å². The molecular weight excluding hydrogens is 184 g/mol. The first-order chi connectivity index (χ1) is 4.98. The molecule has 0 saturated carbocycles. The molecule has 0 saturated heterocycles. The minimum Gasteiger partial charge on any atom is -0.285 e. The third kappa shape index (κ3) is 5.52. The fraction of sp³-hybridized carbons (Fsp3) is 1.00. The van der Waals surface area contributed by atoms with Crippen molar-refractivity contribution in [1.29, 1.82) is 0 Å². The normalized spacial score (nSPS) is 14.8. The third-order valence-electron chi connectivity index (χ3n) is 1.40. The maximum atomic E-state index is 10.4. The van der Waals surface area contributed by atoms with E-state index in [0.29, 0.717) is 6.42 Å². The minimum absolute atomic E-state index is 0.426. The van der Waals surface area contributed by atoms with Gasteiger partial charge in [-0.05, 0) is 6.42 Å². The highest BCUT2D eigenvalue weighted by Gasteiger charge is 2.16. The van der Waals surface area contributed by atoms with Crippen LogP contribution in [0.1, 0.15) is 32.6 Å². The summed E-state index contributed by atoms with van der Waals surface area (Å²) in [6.07, 6.45) is 3.23. The molecule has 0 aliphatic rings. The second kappa shape index (κ2) is 5.00. The van der Waals surface area contributed by atoms with Crippen molar-refractivity contribution in [1.82, 2.24) is 0 Å². The Kier molecular flexibility index (Phi) is 5.12. The first kappa shape index (κ1) is 11.3. The molecule has 0 aliphatic carbocycles. The standard InChI is InChI=1S/C6H14O3S2/c1-2-3-4-5-6(10)11(7,8)9/h6,10H,2-5H2,1H3,(H,7,8,9). The molecule has 1 atom stereocenters. The lowest BCUT2D eigenvalue weighted by Crippen LogP contribution is -2.13. The summed E-state index contributed by atoms with van der Waals surface area (Å²) in [7, 11) is -3.92. The van der Waals surface area contributed by atoms with Crippen molar-refractivity contribution in [3.8, 4) is 0 Å². The molecule has 0 heterocycles. The Balaban J connectivity index is 3.62. The number of hydrogen-bond donors (Lipinski definition) is 2. The predicted molar refractivity (Wildman–Crippen MR) is 48.5 cm³/mol. The highest BCUT2D eigenvalue weighted by Crippen LogP contribution is 2.12. The van der Waals surface area contributed by atoms with Gasteiger partial charge >= 0.3 is 0 Å². The fourth-order valence-corrected chi connectivity index (χ4v) is 1.36. The van der Waals surface area contributed by atoms with E-state index in [1.807, 2.05) is 6.92 Å². The van der Waals surface area contributed by atoms with Crippen LogP contribution in [0.15, 0.2) is 0 Å². The molecule has 0 spiro atoms. The average molecular weight is 198 g/mol. The van der Waals surface area contributed by atoms with Gasteiger partial charge in [-0.3, -0.25) is 4.55 Å². The van der Waals surface area contributed by atoms with E-state index in [9.17, 15) is 8.42 Å². The summed E-state index contributed by atoms with van der Waals surface area (Å²) in [6, 6.07) is 0. The molecule has 0 fully saturated rings. The van der Waals surface area contributed by atoms with E-state index < -0.39 is 14.7 Å². The Labute approximate surface area is 73.3 Å². The van der Waals surface area contributed by atoms with E-state index in [-0.39, 0.29) is 0 Å². The zero-order valence-electron chi connectivity index (χ0n) is 6.52. The first-order valence-corrected chi connectivity index (χ1v) is 5.64. The van der Waals surface area contributed by atoms with Crippen LogP contribution in [0.2, 0.25) is 0 Å². The van der Waals surface area contributed by atoms with Gasteiger partial charge in [-0.1, -0.05) is 26.2 Å². The predicted octanol–water partition coefficient (Wildman–Crippen LogP) is 1.71. The molecule has 1 N–H and O–H groups in total. The second-order valence-corrected chi connectivity index (χ2v) is 5.04. The van der Waals surface area contributed by atoms with E-state index in [0.717, 1.165) is 19.3 Å². The Bertz CT molecular complexity index is 186. The maximum absolute atomic E-state index is 10.4. The number of thiol groups is 1. The zero-order chi connectivity index (χ0) is 8.91. The van der Waals surface area contributed by atoms with Crippen LogP contribution in [-0.4, -0.2) is 17.6 Å². The number of unbranched alkanes of at least 4 members (excludes halogenated alkanes) is 2. The molecule has 0 aromatic rings. The van der Waals surface area contributed by atoms with E-state index in [2.05, 4.69) is 12.6 Å². The molecule has 11 heavy (non-hydrogen) atoms. The van der Waals surface area contributed by atoms with Gasteiger partial charge in [0.25, 0.3) is 10.1 Å². The van der Waals surface area contributed by atoms with Crippen molar-refractivity contribution in [3.05, 3.63) is 0 Å². The lowest BCUT2D eigenvalue weighted by molar-refractivity contribution is 0.475. The van der Waals surface area contributed by atoms with E-state index in [1.165, 1.54) is 0 Å². The molecule has 0 aromatic carbocycles. The molecule has 3 nitrogen and oxygen atoms in total. The van der Waals surface area contributed by atoms with E-state index in [1.54, 1.807) is 0 Å². The highest BCUT2D eigenvalue weighted by atomic mass is 32.3. The molecule has 5 heteroatoms. The number of hydrogen-bond acceptors (Lipinski definition) is 3.